The molecule has 0 aliphatic rings. The van der Waals surface area contributed by atoms with E-state index in [1.165, 1.54) is 11.8 Å². The van der Waals surface area contributed by atoms with Crippen molar-refractivity contribution in [1.29, 1.82) is 0 Å². The van der Waals surface area contributed by atoms with Crippen LogP contribution < -0.4 is 10.1 Å². The molecule has 170 valence electrons. The molecule has 1 unspecified atom stereocenters. The van der Waals surface area contributed by atoms with Crippen molar-refractivity contribution in [2.24, 2.45) is 0 Å². The highest BCUT2D eigenvalue weighted by Gasteiger charge is 2.23. The van der Waals surface area contributed by atoms with Crippen LogP contribution in [0.2, 0.25) is 0 Å². The Balaban J connectivity index is 1.66. The number of hydrogen-bond acceptors (Lipinski definition) is 7. The fourth-order valence-electron chi connectivity index (χ4n) is 3.27. The second kappa shape index (κ2) is 9.91. The Morgan fingerprint density at radius 2 is 1.94 bits per heavy atom. The molecule has 2 heterocycles. The molecule has 0 spiro atoms. The van der Waals surface area contributed by atoms with E-state index in [4.69, 9.17) is 9.26 Å². The van der Waals surface area contributed by atoms with Crippen LogP contribution in [0.4, 0.5) is 5.88 Å². The summed E-state index contributed by atoms with van der Waals surface area (Å²) in [7, 11) is 0. The van der Waals surface area contributed by atoms with Crippen molar-refractivity contribution in [1.82, 2.24) is 19.9 Å². The molecule has 8 nitrogen and oxygen atoms in total. The van der Waals surface area contributed by atoms with Gasteiger partial charge in [-0.3, -0.25) is 14.7 Å². The SMILES string of the molecule is CCOc1ccc(-n2c(SC(C)C(=O)Nc3cc(C)no3)nnc2-c2cccc(C)c2)cc1. The molecule has 1 N–H and O–H groups in total. The first-order valence-electron chi connectivity index (χ1n) is 10.6. The van der Waals surface area contributed by atoms with Crippen LogP contribution in [-0.2, 0) is 4.79 Å². The largest absolute Gasteiger partial charge is 0.494 e. The highest BCUT2D eigenvalue weighted by Crippen LogP contribution is 2.31. The van der Waals surface area contributed by atoms with Crippen molar-refractivity contribution >= 4 is 23.6 Å². The molecule has 2 aromatic heterocycles. The fourth-order valence-corrected chi connectivity index (χ4v) is 4.13. The molecule has 0 saturated heterocycles. The zero-order chi connectivity index (χ0) is 23.4. The van der Waals surface area contributed by atoms with Crippen LogP contribution in [0.25, 0.3) is 17.1 Å². The molecule has 0 bridgehead atoms. The molecule has 33 heavy (non-hydrogen) atoms. The Hall–Kier alpha value is -3.59. The van der Waals surface area contributed by atoms with Crippen LogP contribution in [-0.4, -0.2) is 37.7 Å². The average molecular weight is 464 g/mol. The lowest BCUT2D eigenvalue weighted by atomic mass is 10.1. The molecule has 0 aliphatic carbocycles. The van der Waals surface area contributed by atoms with E-state index in [9.17, 15) is 4.79 Å². The summed E-state index contributed by atoms with van der Waals surface area (Å²) in [6.45, 7) is 8.19. The van der Waals surface area contributed by atoms with Gasteiger partial charge in [0.1, 0.15) is 5.75 Å². The van der Waals surface area contributed by atoms with Crippen molar-refractivity contribution in [2.75, 3.05) is 11.9 Å². The lowest BCUT2D eigenvalue weighted by molar-refractivity contribution is -0.115. The number of hydrogen-bond donors (Lipinski definition) is 1. The summed E-state index contributed by atoms with van der Waals surface area (Å²) >= 11 is 1.32. The molecular formula is C24H25N5O3S. The van der Waals surface area contributed by atoms with E-state index >= 15 is 0 Å². The van der Waals surface area contributed by atoms with Gasteiger partial charge in [-0.05, 0) is 58.0 Å². The van der Waals surface area contributed by atoms with Crippen molar-refractivity contribution in [3.63, 3.8) is 0 Å². The summed E-state index contributed by atoms with van der Waals surface area (Å²) < 4.78 is 12.6. The van der Waals surface area contributed by atoms with Gasteiger partial charge in [-0.1, -0.05) is 40.7 Å². The highest BCUT2D eigenvalue weighted by molar-refractivity contribution is 8.00. The van der Waals surface area contributed by atoms with Crippen LogP contribution in [0.15, 0.2) is 64.3 Å². The summed E-state index contributed by atoms with van der Waals surface area (Å²) in [4.78, 5) is 12.7. The summed E-state index contributed by atoms with van der Waals surface area (Å²) in [5.74, 6) is 1.59. The van der Waals surface area contributed by atoms with Crippen LogP contribution >= 0.6 is 11.8 Å². The van der Waals surface area contributed by atoms with E-state index in [0.29, 0.717) is 29.2 Å². The van der Waals surface area contributed by atoms with Gasteiger partial charge < -0.3 is 9.26 Å². The lowest BCUT2D eigenvalue weighted by Gasteiger charge is -2.14. The number of nitrogens with one attached hydrogen (secondary N) is 1. The number of aromatic nitrogens is 4. The Morgan fingerprint density at radius 3 is 2.61 bits per heavy atom. The minimum Gasteiger partial charge on any atom is -0.494 e. The van der Waals surface area contributed by atoms with Gasteiger partial charge in [0.15, 0.2) is 11.0 Å². The van der Waals surface area contributed by atoms with Crippen molar-refractivity contribution in [3.8, 4) is 22.8 Å². The number of rotatable bonds is 8. The molecule has 0 fully saturated rings. The Bertz CT molecular complexity index is 1250. The Kier molecular flexibility index (Phi) is 6.79. The van der Waals surface area contributed by atoms with E-state index in [-0.39, 0.29) is 5.91 Å². The number of amides is 1. The molecule has 4 aromatic rings. The third-order valence-electron chi connectivity index (χ3n) is 4.84. The number of nitrogens with zero attached hydrogens (tertiary/aromatic N) is 4. The maximum atomic E-state index is 12.7. The van der Waals surface area contributed by atoms with Gasteiger partial charge in [0.25, 0.3) is 0 Å². The number of anilines is 1. The molecule has 0 saturated carbocycles. The average Bonchev–Trinajstić information content (AvgIpc) is 3.40. The Morgan fingerprint density at radius 1 is 1.15 bits per heavy atom. The smallest absolute Gasteiger partial charge is 0.240 e. The topological polar surface area (TPSA) is 95.1 Å². The van der Waals surface area contributed by atoms with E-state index in [2.05, 4.69) is 26.7 Å². The van der Waals surface area contributed by atoms with Crippen LogP contribution in [0.3, 0.4) is 0 Å². The number of aryl methyl sites for hydroxylation is 2. The predicted molar refractivity (Wildman–Crippen MR) is 128 cm³/mol. The molecular weight excluding hydrogens is 438 g/mol. The number of ether oxygens (including phenoxy) is 1. The predicted octanol–water partition coefficient (Wildman–Crippen LogP) is 5.06. The summed E-state index contributed by atoms with van der Waals surface area (Å²) in [6, 6.07) is 17.5. The van der Waals surface area contributed by atoms with Crippen molar-refractivity contribution < 1.29 is 14.1 Å². The summed E-state index contributed by atoms with van der Waals surface area (Å²) in [5, 5.41) is 15.6. The van der Waals surface area contributed by atoms with E-state index in [1.807, 2.05) is 67.8 Å². The van der Waals surface area contributed by atoms with Crippen LogP contribution in [0.5, 0.6) is 5.75 Å². The fraction of sp³-hybridized carbons (Fsp3) is 0.250. The standard InChI is InChI=1S/C24H25N5O3S/c1-5-31-20-11-9-19(10-12-20)29-22(18-8-6-7-15(2)13-18)26-27-24(29)33-17(4)23(30)25-21-14-16(3)28-32-21/h6-14,17H,5H2,1-4H3,(H,25,30). The molecule has 2 aromatic carbocycles. The van der Waals surface area contributed by atoms with Gasteiger partial charge >= 0.3 is 0 Å². The van der Waals surface area contributed by atoms with Gasteiger partial charge in [0.05, 0.1) is 17.6 Å². The third kappa shape index (κ3) is 5.25. The van der Waals surface area contributed by atoms with Crippen molar-refractivity contribution in [2.45, 2.75) is 38.1 Å². The van der Waals surface area contributed by atoms with Crippen LogP contribution in [0, 0.1) is 13.8 Å². The van der Waals surface area contributed by atoms with Gasteiger partial charge in [-0.25, -0.2) is 0 Å². The minimum absolute atomic E-state index is 0.213. The minimum atomic E-state index is -0.452. The number of carbonyl (C=O) groups is 1. The first-order valence-corrected chi connectivity index (χ1v) is 11.5. The first kappa shape index (κ1) is 22.6. The van der Waals surface area contributed by atoms with Gasteiger partial charge in [0, 0.05) is 17.3 Å². The van der Waals surface area contributed by atoms with Gasteiger partial charge in [-0.2, -0.15) is 0 Å². The molecule has 0 radical (unpaired) electrons. The highest BCUT2D eigenvalue weighted by atomic mass is 32.2. The quantitative estimate of drug-likeness (QED) is 0.365. The third-order valence-corrected chi connectivity index (χ3v) is 5.88. The molecule has 4 rings (SSSR count). The monoisotopic (exact) mass is 463 g/mol. The lowest BCUT2D eigenvalue weighted by Crippen LogP contribution is -2.22. The zero-order valence-corrected chi connectivity index (χ0v) is 19.7. The van der Waals surface area contributed by atoms with Crippen LogP contribution in [0.1, 0.15) is 25.1 Å². The molecule has 1 atom stereocenters. The van der Waals surface area contributed by atoms with Gasteiger partial charge in [0.2, 0.25) is 11.8 Å². The van der Waals surface area contributed by atoms with Crippen molar-refractivity contribution in [3.05, 3.63) is 65.9 Å². The Labute approximate surface area is 196 Å². The van der Waals surface area contributed by atoms with E-state index < -0.39 is 5.25 Å². The first-order chi connectivity index (χ1) is 15.9. The molecule has 0 aliphatic heterocycles. The van der Waals surface area contributed by atoms with E-state index in [0.717, 1.165) is 22.6 Å². The molecule has 1 amide bonds. The second-order valence-electron chi connectivity index (χ2n) is 7.52. The maximum Gasteiger partial charge on any atom is 0.240 e. The summed E-state index contributed by atoms with van der Waals surface area (Å²) in [6.07, 6.45) is 0. The summed E-state index contributed by atoms with van der Waals surface area (Å²) in [5.41, 5.74) is 3.64. The second-order valence-corrected chi connectivity index (χ2v) is 8.83. The maximum absolute atomic E-state index is 12.7. The number of thioether (sulfide) groups is 1. The number of benzene rings is 2. The number of carbonyl (C=O) groups excluding carboxylic acids is 1. The normalized spacial score (nSPS) is 11.9. The van der Waals surface area contributed by atoms with E-state index in [1.54, 1.807) is 13.0 Å². The zero-order valence-electron chi connectivity index (χ0n) is 18.9. The molecule has 9 heteroatoms. The van der Waals surface area contributed by atoms with Gasteiger partial charge in [-0.15, -0.1) is 10.2 Å².